The van der Waals surface area contributed by atoms with Crippen molar-refractivity contribution in [3.05, 3.63) is 27.1 Å². The van der Waals surface area contributed by atoms with Gasteiger partial charge in [0, 0.05) is 24.3 Å². The number of aryl methyl sites for hydroxylation is 1. The average molecular weight is 317 g/mol. The molecule has 0 bridgehead atoms. The van der Waals surface area contributed by atoms with Crippen molar-refractivity contribution in [2.75, 3.05) is 18.5 Å². The van der Waals surface area contributed by atoms with Crippen molar-refractivity contribution in [1.29, 1.82) is 0 Å². The fourth-order valence-electron chi connectivity index (χ4n) is 1.36. The molecule has 1 aromatic rings. The second-order valence-electron chi connectivity index (χ2n) is 3.94. The summed E-state index contributed by atoms with van der Waals surface area (Å²) in [6, 6.07) is 1.58. The Hall–Kier alpha value is -1.14. The van der Waals surface area contributed by atoms with Gasteiger partial charge in [0.1, 0.15) is 12.3 Å². The fraction of sp³-hybridized carbons (Fsp3) is 0.500. The smallest absolute Gasteiger partial charge is 0.274 e. The molecule has 5 nitrogen and oxygen atoms in total. The first-order valence-corrected chi connectivity index (χ1v) is 6.57. The van der Waals surface area contributed by atoms with Crippen LogP contribution in [0.5, 0.6) is 0 Å². The van der Waals surface area contributed by atoms with Gasteiger partial charge < -0.3 is 14.6 Å². The molecule has 100 valence electrons. The van der Waals surface area contributed by atoms with Crippen molar-refractivity contribution < 1.29 is 9.53 Å². The lowest BCUT2D eigenvalue weighted by atomic mass is 10.4. The molecule has 0 unspecified atom stereocenters. The quantitative estimate of drug-likeness (QED) is 0.815. The second kappa shape index (κ2) is 7.33. The third kappa shape index (κ3) is 4.62. The molecule has 0 saturated heterocycles. The van der Waals surface area contributed by atoms with E-state index in [9.17, 15) is 9.59 Å². The number of halogens is 1. The highest BCUT2D eigenvalue weighted by Gasteiger charge is 2.08. The fourth-order valence-corrected chi connectivity index (χ4v) is 1.89. The summed E-state index contributed by atoms with van der Waals surface area (Å²) in [5, 5.41) is 2.54. The van der Waals surface area contributed by atoms with E-state index in [0.29, 0.717) is 6.61 Å². The first kappa shape index (κ1) is 14.9. The van der Waals surface area contributed by atoms with Crippen LogP contribution in [0.15, 0.2) is 21.5 Å². The summed E-state index contributed by atoms with van der Waals surface area (Å²) in [6.45, 7) is 2.57. The van der Waals surface area contributed by atoms with Gasteiger partial charge in [0.15, 0.2) is 0 Å². The summed E-state index contributed by atoms with van der Waals surface area (Å²) in [7, 11) is 1.63. The van der Waals surface area contributed by atoms with E-state index in [1.54, 1.807) is 19.3 Å². The Kier molecular flexibility index (Phi) is 6.07. The van der Waals surface area contributed by atoms with Crippen LogP contribution in [0.3, 0.4) is 0 Å². The van der Waals surface area contributed by atoms with Gasteiger partial charge in [-0.2, -0.15) is 0 Å². The molecule has 0 radical (unpaired) electrons. The zero-order valence-electron chi connectivity index (χ0n) is 10.5. The predicted molar refractivity (Wildman–Crippen MR) is 73.7 cm³/mol. The maximum atomic E-state index is 11.7. The van der Waals surface area contributed by atoms with Gasteiger partial charge in [-0.25, -0.2) is 0 Å². The standard InChI is InChI=1S/C12H17BrN2O3/c1-3-4-5-18-8-11(16)14-10-6-9(13)7-15(2)12(10)17/h6-7H,3-5,8H2,1-2H3,(H,14,16). The van der Waals surface area contributed by atoms with Gasteiger partial charge >= 0.3 is 0 Å². The number of pyridine rings is 1. The van der Waals surface area contributed by atoms with Crippen LogP contribution in [0.25, 0.3) is 0 Å². The third-order valence-electron chi connectivity index (χ3n) is 2.30. The zero-order valence-corrected chi connectivity index (χ0v) is 12.1. The molecule has 1 aromatic heterocycles. The summed E-state index contributed by atoms with van der Waals surface area (Å²) < 4.78 is 7.30. The molecule has 0 aliphatic heterocycles. The van der Waals surface area contributed by atoms with Gasteiger partial charge in [-0.1, -0.05) is 13.3 Å². The van der Waals surface area contributed by atoms with Crippen LogP contribution in [0.1, 0.15) is 19.8 Å². The van der Waals surface area contributed by atoms with E-state index in [0.717, 1.165) is 17.3 Å². The number of amides is 1. The molecule has 0 spiro atoms. The summed E-state index contributed by atoms with van der Waals surface area (Å²) in [4.78, 5) is 23.3. The number of nitrogens with one attached hydrogen (secondary N) is 1. The molecule has 0 aromatic carbocycles. The molecule has 1 N–H and O–H groups in total. The van der Waals surface area contributed by atoms with Crippen LogP contribution in [-0.2, 0) is 16.6 Å². The van der Waals surface area contributed by atoms with Crippen molar-refractivity contribution in [2.45, 2.75) is 19.8 Å². The second-order valence-corrected chi connectivity index (χ2v) is 4.86. The van der Waals surface area contributed by atoms with Gasteiger partial charge in [0.25, 0.3) is 11.5 Å². The Labute approximate surface area is 114 Å². The van der Waals surface area contributed by atoms with Crippen molar-refractivity contribution in [3.63, 3.8) is 0 Å². The number of unbranched alkanes of at least 4 members (excludes halogenated alkanes) is 1. The Morgan fingerprint density at radius 1 is 1.56 bits per heavy atom. The van der Waals surface area contributed by atoms with E-state index in [1.165, 1.54) is 4.57 Å². The topological polar surface area (TPSA) is 60.3 Å². The van der Waals surface area contributed by atoms with Crippen LogP contribution in [0, 0.1) is 0 Å². The first-order chi connectivity index (χ1) is 8.54. The molecule has 0 saturated carbocycles. The number of anilines is 1. The van der Waals surface area contributed by atoms with Crippen molar-refractivity contribution >= 4 is 27.5 Å². The van der Waals surface area contributed by atoms with Gasteiger partial charge in [0.05, 0.1) is 0 Å². The SMILES string of the molecule is CCCCOCC(=O)Nc1cc(Br)cn(C)c1=O. The van der Waals surface area contributed by atoms with E-state index in [2.05, 4.69) is 28.2 Å². The summed E-state index contributed by atoms with van der Waals surface area (Å²) in [6.07, 6.45) is 3.58. The summed E-state index contributed by atoms with van der Waals surface area (Å²) >= 11 is 3.27. The van der Waals surface area contributed by atoms with Crippen molar-refractivity contribution in [3.8, 4) is 0 Å². The van der Waals surface area contributed by atoms with Crippen molar-refractivity contribution in [1.82, 2.24) is 4.57 Å². The maximum Gasteiger partial charge on any atom is 0.274 e. The Bertz CT molecular complexity index is 471. The molecule has 1 heterocycles. The largest absolute Gasteiger partial charge is 0.372 e. The Balaban J connectivity index is 2.57. The molecule has 18 heavy (non-hydrogen) atoms. The van der Waals surface area contributed by atoms with Crippen LogP contribution in [0.4, 0.5) is 5.69 Å². The van der Waals surface area contributed by atoms with E-state index in [4.69, 9.17) is 4.74 Å². The molecule has 1 amide bonds. The molecule has 6 heteroatoms. The highest BCUT2D eigenvalue weighted by molar-refractivity contribution is 9.10. The lowest BCUT2D eigenvalue weighted by Gasteiger charge is -2.07. The molecule has 0 aliphatic rings. The van der Waals surface area contributed by atoms with Gasteiger partial charge in [0.2, 0.25) is 0 Å². The number of carbonyl (C=O) groups excluding carboxylic acids is 1. The van der Waals surface area contributed by atoms with Gasteiger partial charge in [-0.3, -0.25) is 9.59 Å². The Morgan fingerprint density at radius 2 is 2.28 bits per heavy atom. The van der Waals surface area contributed by atoms with E-state index < -0.39 is 0 Å². The number of aromatic nitrogens is 1. The highest BCUT2D eigenvalue weighted by Crippen LogP contribution is 2.11. The zero-order chi connectivity index (χ0) is 13.5. The predicted octanol–water partition coefficient (Wildman–Crippen LogP) is 1.90. The summed E-state index contributed by atoms with van der Waals surface area (Å²) in [5.41, 5.74) is -0.00363. The van der Waals surface area contributed by atoms with Gasteiger partial charge in [-0.05, 0) is 28.4 Å². The van der Waals surface area contributed by atoms with Crippen molar-refractivity contribution in [2.24, 2.45) is 7.05 Å². The Morgan fingerprint density at radius 3 is 2.94 bits per heavy atom. The lowest BCUT2D eigenvalue weighted by Crippen LogP contribution is -2.26. The third-order valence-corrected chi connectivity index (χ3v) is 2.73. The molecular weight excluding hydrogens is 300 g/mol. The number of hydrogen-bond acceptors (Lipinski definition) is 3. The van der Waals surface area contributed by atoms with Crippen LogP contribution < -0.4 is 10.9 Å². The number of carbonyl (C=O) groups is 1. The van der Waals surface area contributed by atoms with Gasteiger partial charge in [-0.15, -0.1) is 0 Å². The van der Waals surface area contributed by atoms with Crippen LogP contribution >= 0.6 is 15.9 Å². The first-order valence-electron chi connectivity index (χ1n) is 5.78. The van der Waals surface area contributed by atoms with Crippen LogP contribution in [0.2, 0.25) is 0 Å². The molecular formula is C12H17BrN2O3. The average Bonchev–Trinajstić information content (AvgIpc) is 2.31. The minimum atomic E-state index is -0.318. The summed E-state index contributed by atoms with van der Waals surface area (Å²) in [5.74, 6) is -0.318. The molecule has 0 aliphatic carbocycles. The lowest BCUT2D eigenvalue weighted by molar-refractivity contribution is -0.120. The highest BCUT2D eigenvalue weighted by atomic mass is 79.9. The molecule has 0 fully saturated rings. The van der Waals surface area contributed by atoms with Crippen LogP contribution in [-0.4, -0.2) is 23.7 Å². The number of ether oxygens (including phenoxy) is 1. The molecule has 0 atom stereocenters. The number of nitrogens with zero attached hydrogens (tertiary/aromatic N) is 1. The van der Waals surface area contributed by atoms with E-state index in [1.807, 2.05) is 0 Å². The molecule has 1 rings (SSSR count). The van der Waals surface area contributed by atoms with E-state index >= 15 is 0 Å². The van der Waals surface area contributed by atoms with E-state index in [-0.39, 0.29) is 23.8 Å². The normalized spacial score (nSPS) is 10.4. The minimum absolute atomic E-state index is 0.0321. The number of hydrogen-bond donors (Lipinski definition) is 1. The monoisotopic (exact) mass is 316 g/mol. The minimum Gasteiger partial charge on any atom is -0.372 e. The number of rotatable bonds is 6. The maximum absolute atomic E-state index is 11.7.